The average Bonchev–Trinajstić information content (AvgIpc) is 2.67. The van der Waals surface area contributed by atoms with E-state index in [1.54, 1.807) is 0 Å². The van der Waals surface area contributed by atoms with E-state index in [0.717, 1.165) is 46.2 Å². The van der Waals surface area contributed by atoms with Gasteiger partial charge in [-0.1, -0.05) is 15.9 Å². The lowest BCUT2D eigenvalue weighted by Gasteiger charge is -2.22. The molecule has 6 heteroatoms. The Kier molecular flexibility index (Phi) is 6.25. The maximum absolute atomic E-state index is 12.6. The number of carbonyl (C=O) groups excluding carboxylic acids is 1. The summed E-state index contributed by atoms with van der Waals surface area (Å²) in [4.78, 5) is 16.7. The molecule has 1 aliphatic heterocycles. The molecule has 4 nitrogen and oxygen atoms in total. The molecular weight excluding hydrogens is 435 g/mol. The quantitative estimate of drug-likeness (QED) is 0.715. The van der Waals surface area contributed by atoms with Crippen LogP contribution in [0.5, 0.6) is 0 Å². The summed E-state index contributed by atoms with van der Waals surface area (Å²) in [5, 5.41) is 9.00. The number of hydrogen-bond donors (Lipinski definition) is 1. The summed E-state index contributed by atoms with van der Waals surface area (Å²) in [5.74, 6) is 0.0987. The fourth-order valence-electron chi connectivity index (χ4n) is 2.37. The molecule has 0 unspecified atom stereocenters. The van der Waals surface area contributed by atoms with Gasteiger partial charge >= 0.3 is 0 Å². The Bertz CT molecular complexity index is 484. The van der Waals surface area contributed by atoms with Crippen molar-refractivity contribution in [2.45, 2.75) is 6.42 Å². The van der Waals surface area contributed by atoms with E-state index in [1.165, 1.54) is 0 Å². The second-order valence-electron chi connectivity index (χ2n) is 4.84. The van der Waals surface area contributed by atoms with E-state index in [1.807, 2.05) is 23.1 Å². The maximum Gasteiger partial charge on any atom is 0.255 e. The fourth-order valence-corrected chi connectivity index (χ4v) is 3.30. The van der Waals surface area contributed by atoms with Gasteiger partial charge in [-0.3, -0.25) is 9.69 Å². The molecule has 0 saturated carbocycles. The number of hydrogen-bond acceptors (Lipinski definition) is 3. The largest absolute Gasteiger partial charge is 0.395 e. The van der Waals surface area contributed by atoms with Crippen molar-refractivity contribution in [1.29, 1.82) is 0 Å². The minimum Gasteiger partial charge on any atom is -0.395 e. The van der Waals surface area contributed by atoms with Crippen molar-refractivity contribution in [3.8, 4) is 0 Å². The van der Waals surface area contributed by atoms with Crippen molar-refractivity contribution >= 4 is 44.4 Å². The second-order valence-corrected chi connectivity index (χ2v) is 6.91. The molecule has 1 fully saturated rings. The number of aliphatic hydroxyl groups excluding tert-OH is 1. The highest BCUT2D eigenvalue weighted by Crippen LogP contribution is 2.20. The van der Waals surface area contributed by atoms with Gasteiger partial charge in [0.1, 0.15) is 0 Å². The highest BCUT2D eigenvalue weighted by molar-refractivity contribution is 14.1. The van der Waals surface area contributed by atoms with E-state index >= 15 is 0 Å². The molecule has 1 aromatic rings. The van der Waals surface area contributed by atoms with Gasteiger partial charge in [-0.15, -0.1) is 0 Å². The molecule has 2 rings (SSSR count). The first-order valence-corrected chi connectivity index (χ1v) is 8.56. The first-order chi connectivity index (χ1) is 9.61. The summed E-state index contributed by atoms with van der Waals surface area (Å²) >= 11 is 5.63. The summed E-state index contributed by atoms with van der Waals surface area (Å²) in [6.07, 6.45) is 0.955. The molecular formula is C14H18BrIN2O2. The van der Waals surface area contributed by atoms with Crippen LogP contribution in [0.15, 0.2) is 22.7 Å². The Labute approximate surface area is 141 Å². The van der Waals surface area contributed by atoms with Crippen molar-refractivity contribution in [1.82, 2.24) is 9.80 Å². The number of carbonyl (C=O) groups is 1. The number of amides is 1. The molecule has 110 valence electrons. The number of halogens is 2. The van der Waals surface area contributed by atoms with Crippen molar-refractivity contribution in [2.24, 2.45) is 0 Å². The van der Waals surface area contributed by atoms with Crippen LogP contribution in [0.4, 0.5) is 0 Å². The van der Waals surface area contributed by atoms with Gasteiger partial charge in [0.2, 0.25) is 0 Å². The monoisotopic (exact) mass is 452 g/mol. The fraction of sp³-hybridized carbons (Fsp3) is 0.500. The molecule has 1 aliphatic rings. The van der Waals surface area contributed by atoms with Crippen LogP contribution in [0.2, 0.25) is 0 Å². The maximum atomic E-state index is 12.6. The van der Waals surface area contributed by atoms with Crippen LogP contribution in [0.3, 0.4) is 0 Å². The average molecular weight is 453 g/mol. The lowest BCUT2D eigenvalue weighted by Crippen LogP contribution is -2.36. The third-order valence-electron chi connectivity index (χ3n) is 3.45. The Hall–Kier alpha value is -0.180. The van der Waals surface area contributed by atoms with E-state index < -0.39 is 0 Å². The molecule has 0 aromatic heterocycles. The van der Waals surface area contributed by atoms with Crippen LogP contribution in [0.25, 0.3) is 0 Å². The normalized spacial score (nSPS) is 17.1. The highest BCUT2D eigenvalue weighted by atomic mass is 127. The zero-order chi connectivity index (χ0) is 14.5. The van der Waals surface area contributed by atoms with Gasteiger partial charge in [0, 0.05) is 34.2 Å². The number of rotatable bonds is 3. The van der Waals surface area contributed by atoms with E-state index in [-0.39, 0.29) is 12.5 Å². The minimum atomic E-state index is 0.0987. The van der Waals surface area contributed by atoms with Gasteiger partial charge in [0.05, 0.1) is 12.2 Å². The molecule has 1 amide bonds. The molecule has 0 aliphatic carbocycles. The van der Waals surface area contributed by atoms with Crippen molar-refractivity contribution in [3.63, 3.8) is 0 Å². The van der Waals surface area contributed by atoms with Crippen LogP contribution in [0.1, 0.15) is 16.8 Å². The van der Waals surface area contributed by atoms with Crippen LogP contribution >= 0.6 is 38.5 Å². The predicted molar refractivity (Wildman–Crippen MR) is 90.9 cm³/mol. The molecule has 0 atom stereocenters. The zero-order valence-electron chi connectivity index (χ0n) is 11.2. The third-order valence-corrected chi connectivity index (χ3v) is 4.88. The second kappa shape index (κ2) is 7.72. The van der Waals surface area contributed by atoms with E-state index in [9.17, 15) is 4.79 Å². The summed E-state index contributed by atoms with van der Waals surface area (Å²) in [6, 6.07) is 5.79. The molecule has 1 aromatic carbocycles. The van der Waals surface area contributed by atoms with Gasteiger partial charge < -0.3 is 10.0 Å². The summed E-state index contributed by atoms with van der Waals surface area (Å²) in [5.41, 5.74) is 0.760. The van der Waals surface area contributed by atoms with E-state index in [2.05, 4.69) is 43.4 Å². The van der Waals surface area contributed by atoms with Gasteiger partial charge in [-0.05, 0) is 53.8 Å². The molecule has 1 saturated heterocycles. The van der Waals surface area contributed by atoms with Gasteiger partial charge in [0.15, 0.2) is 0 Å². The topological polar surface area (TPSA) is 43.8 Å². The molecule has 20 heavy (non-hydrogen) atoms. The van der Waals surface area contributed by atoms with Crippen LogP contribution in [-0.4, -0.2) is 60.1 Å². The zero-order valence-corrected chi connectivity index (χ0v) is 14.9. The smallest absolute Gasteiger partial charge is 0.255 e. The van der Waals surface area contributed by atoms with Crippen LogP contribution in [0, 0.1) is 3.57 Å². The van der Waals surface area contributed by atoms with Gasteiger partial charge in [-0.25, -0.2) is 0 Å². The lowest BCUT2D eigenvalue weighted by atomic mass is 10.2. The Balaban J connectivity index is 2.07. The first-order valence-electron chi connectivity index (χ1n) is 6.69. The summed E-state index contributed by atoms with van der Waals surface area (Å²) in [7, 11) is 0. The number of benzene rings is 1. The molecule has 1 N–H and O–H groups in total. The number of β-amino-alcohol motifs (C(OH)–C–C–N with tert-alkyl or cyclic N) is 1. The first kappa shape index (κ1) is 16.2. The Morgan fingerprint density at radius 3 is 2.85 bits per heavy atom. The standard InChI is InChI=1S/C14H18BrIN2O2/c15-11-2-3-13(16)12(10-11)14(20)18-5-1-4-17(6-7-18)8-9-19/h2-3,10,19H,1,4-9H2. The molecule has 1 heterocycles. The summed E-state index contributed by atoms with van der Waals surface area (Å²) in [6.45, 7) is 4.15. The van der Waals surface area contributed by atoms with Gasteiger partial charge in [0.25, 0.3) is 5.91 Å². The van der Waals surface area contributed by atoms with Crippen LogP contribution in [-0.2, 0) is 0 Å². The third kappa shape index (κ3) is 4.16. The molecule has 0 radical (unpaired) electrons. The lowest BCUT2D eigenvalue weighted by molar-refractivity contribution is 0.0759. The SMILES string of the molecule is O=C(c1cc(Br)ccc1I)N1CCCN(CCO)CC1. The van der Waals surface area contributed by atoms with E-state index in [4.69, 9.17) is 5.11 Å². The van der Waals surface area contributed by atoms with Crippen LogP contribution < -0.4 is 0 Å². The Morgan fingerprint density at radius 1 is 1.30 bits per heavy atom. The molecule has 0 spiro atoms. The highest BCUT2D eigenvalue weighted by Gasteiger charge is 2.21. The van der Waals surface area contributed by atoms with Crippen molar-refractivity contribution in [2.75, 3.05) is 39.3 Å². The predicted octanol–water partition coefficient (Wildman–Crippen LogP) is 2.19. The van der Waals surface area contributed by atoms with Crippen molar-refractivity contribution in [3.05, 3.63) is 31.8 Å². The molecule has 0 bridgehead atoms. The summed E-state index contributed by atoms with van der Waals surface area (Å²) < 4.78 is 1.91. The minimum absolute atomic E-state index is 0.0987. The Morgan fingerprint density at radius 2 is 2.10 bits per heavy atom. The number of aliphatic hydroxyl groups is 1. The van der Waals surface area contributed by atoms with E-state index in [0.29, 0.717) is 6.54 Å². The van der Waals surface area contributed by atoms with Gasteiger partial charge in [-0.2, -0.15) is 0 Å². The number of nitrogens with zero attached hydrogens (tertiary/aromatic N) is 2. The van der Waals surface area contributed by atoms with Crippen molar-refractivity contribution < 1.29 is 9.90 Å².